The van der Waals surface area contributed by atoms with Crippen LogP contribution < -0.4 is 11.2 Å². The molecular weight excluding hydrogens is 364 g/mol. The Labute approximate surface area is 168 Å². The summed E-state index contributed by atoms with van der Waals surface area (Å²) in [4.78, 5) is 26.9. The first kappa shape index (κ1) is 17.2. The Bertz CT molecular complexity index is 1240. The summed E-state index contributed by atoms with van der Waals surface area (Å²) in [6, 6.07) is 11.6. The van der Waals surface area contributed by atoms with Crippen LogP contribution in [0, 0.1) is 5.92 Å². The molecule has 2 atom stereocenters. The SMILES string of the molecule is O=c1cc(CN2C[C@H]3C[C@@H](C2)c2cccc(=O)n2C3)c2cc3c(cc2o1)CCC3. The zero-order valence-electron chi connectivity index (χ0n) is 16.4. The van der Waals surface area contributed by atoms with Crippen LogP contribution in [-0.2, 0) is 25.9 Å². The summed E-state index contributed by atoms with van der Waals surface area (Å²) in [6.07, 6.45) is 4.52. The van der Waals surface area contributed by atoms with Crippen LogP contribution in [0.5, 0.6) is 0 Å². The van der Waals surface area contributed by atoms with E-state index in [0.717, 1.165) is 67.7 Å². The number of aromatic nitrogens is 1. The van der Waals surface area contributed by atoms with Gasteiger partial charge in [0.1, 0.15) is 5.58 Å². The fraction of sp³-hybridized carbons (Fsp3) is 0.417. The highest BCUT2D eigenvalue weighted by molar-refractivity contribution is 5.82. The van der Waals surface area contributed by atoms with Gasteiger partial charge in [-0.2, -0.15) is 0 Å². The number of nitrogens with zero attached hydrogens (tertiary/aromatic N) is 2. The maximum Gasteiger partial charge on any atom is 0.336 e. The molecule has 2 aromatic heterocycles. The Morgan fingerprint density at radius 2 is 1.86 bits per heavy atom. The molecule has 0 saturated carbocycles. The van der Waals surface area contributed by atoms with E-state index in [4.69, 9.17) is 4.42 Å². The lowest BCUT2D eigenvalue weighted by Crippen LogP contribution is -2.46. The van der Waals surface area contributed by atoms with Crippen LogP contribution >= 0.6 is 0 Å². The highest BCUT2D eigenvalue weighted by Gasteiger charge is 2.34. The summed E-state index contributed by atoms with van der Waals surface area (Å²) < 4.78 is 7.50. The van der Waals surface area contributed by atoms with E-state index < -0.39 is 0 Å². The van der Waals surface area contributed by atoms with Gasteiger partial charge in [-0.15, -0.1) is 0 Å². The second-order valence-electron chi connectivity index (χ2n) is 8.95. The molecule has 2 bridgehead atoms. The Kier molecular flexibility index (Phi) is 3.81. The lowest BCUT2D eigenvalue weighted by molar-refractivity contribution is 0.114. The van der Waals surface area contributed by atoms with E-state index in [9.17, 15) is 9.59 Å². The van der Waals surface area contributed by atoms with Crippen molar-refractivity contribution in [3.8, 4) is 0 Å². The summed E-state index contributed by atoms with van der Waals surface area (Å²) in [5.41, 5.74) is 5.53. The molecule has 0 unspecified atom stereocenters. The van der Waals surface area contributed by atoms with Gasteiger partial charge < -0.3 is 8.98 Å². The van der Waals surface area contributed by atoms with Gasteiger partial charge in [0.05, 0.1) is 0 Å². The minimum atomic E-state index is -0.264. The first-order valence-corrected chi connectivity index (χ1v) is 10.6. The summed E-state index contributed by atoms with van der Waals surface area (Å²) in [7, 11) is 0. The molecule has 0 amide bonds. The van der Waals surface area contributed by atoms with E-state index in [1.165, 1.54) is 17.5 Å². The molecule has 0 spiro atoms. The number of benzene rings is 1. The first-order chi connectivity index (χ1) is 14.1. The summed E-state index contributed by atoms with van der Waals surface area (Å²) >= 11 is 0. The van der Waals surface area contributed by atoms with Crippen LogP contribution in [0.1, 0.15) is 41.1 Å². The van der Waals surface area contributed by atoms with E-state index in [2.05, 4.69) is 23.1 Å². The van der Waals surface area contributed by atoms with Crippen molar-refractivity contribution in [1.82, 2.24) is 9.47 Å². The Hall–Kier alpha value is -2.66. The van der Waals surface area contributed by atoms with Gasteiger partial charge in [-0.25, -0.2) is 4.79 Å². The molecule has 148 valence electrons. The third kappa shape index (κ3) is 2.87. The topological polar surface area (TPSA) is 55.5 Å². The van der Waals surface area contributed by atoms with Crippen LogP contribution in [0.3, 0.4) is 0 Å². The smallest absolute Gasteiger partial charge is 0.336 e. The van der Waals surface area contributed by atoms with Gasteiger partial charge in [-0.05, 0) is 66.5 Å². The Balaban J connectivity index is 1.35. The molecule has 3 aliphatic rings. The average molecular weight is 388 g/mol. The third-order valence-corrected chi connectivity index (χ3v) is 6.99. The van der Waals surface area contributed by atoms with Crippen LogP contribution in [0.2, 0.25) is 0 Å². The number of hydrogen-bond acceptors (Lipinski definition) is 4. The molecule has 2 aliphatic heterocycles. The van der Waals surface area contributed by atoms with Crippen LogP contribution in [0.25, 0.3) is 11.0 Å². The standard InChI is InChI=1S/C24H24N2O3/c27-23-6-2-5-21-19-7-15(12-26(21)23)11-25(14-19)13-18-10-24(28)29-22-9-17-4-1-3-16(17)8-20(18)22/h2,5-6,8-10,15,19H,1,3-4,7,11-14H2/t15-,19+/m1/s1. The molecule has 0 radical (unpaired) electrons. The predicted octanol–water partition coefficient (Wildman–Crippen LogP) is 3.06. The van der Waals surface area contributed by atoms with Gasteiger partial charge in [0, 0.05) is 55.3 Å². The lowest BCUT2D eigenvalue weighted by Gasteiger charge is -2.42. The van der Waals surface area contributed by atoms with Crippen molar-refractivity contribution in [2.75, 3.05) is 13.1 Å². The molecule has 0 N–H and O–H groups in total. The van der Waals surface area contributed by atoms with E-state index in [1.54, 1.807) is 12.1 Å². The van der Waals surface area contributed by atoms with Crippen molar-refractivity contribution in [1.29, 1.82) is 0 Å². The van der Waals surface area contributed by atoms with Gasteiger partial charge in [-0.1, -0.05) is 6.07 Å². The zero-order valence-corrected chi connectivity index (χ0v) is 16.4. The normalized spacial score (nSPS) is 23.2. The fourth-order valence-corrected chi connectivity index (χ4v) is 5.79. The van der Waals surface area contributed by atoms with Crippen molar-refractivity contribution < 1.29 is 4.42 Å². The second kappa shape index (κ2) is 6.42. The van der Waals surface area contributed by atoms with Crippen molar-refractivity contribution in [3.05, 3.63) is 79.6 Å². The Morgan fingerprint density at radius 3 is 2.76 bits per heavy atom. The third-order valence-electron chi connectivity index (χ3n) is 6.99. The Morgan fingerprint density at radius 1 is 1.00 bits per heavy atom. The van der Waals surface area contributed by atoms with E-state index in [1.807, 2.05) is 10.6 Å². The molecule has 4 heterocycles. The van der Waals surface area contributed by atoms with Crippen LogP contribution in [0.15, 0.2) is 50.4 Å². The number of piperidine rings is 1. The second-order valence-corrected chi connectivity index (χ2v) is 8.95. The molecule has 1 aliphatic carbocycles. The minimum Gasteiger partial charge on any atom is -0.423 e. The van der Waals surface area contributed by atoms with Crippen molar-refractivity contribution in [2.45, 2.75) is 44.7 Å². The van der Waals surface area contributed by atoms with E-state index >= 15 is 0 Å². The van der Waals surface area contributed by atoms with Crippen molar-refractivity contribution in [3.63, 3.8) is 0 Å². The van der Waals surface area contributed by atoms with Gasteiger partial charge in [0.25, 0.3) is 5.56 Å². The summed E-state index contributed by atoms with van der Waals surface area (Å²) in [5, 5.41) is 1.08. The van der Waals surface area contributed by atoms with Gasteiger partial charge in [0.15, 0.2) is 0 Å². The van der Waals surface area contributed by atoms with Crippen LogP contribution in [0.4, 0.5) is 0 Å². The lowest BCUT2D eigenvalue weighted by atomic mass is 9.83. The highest BCUT2D eigenvalue weighted by atomic mass is 16.4. The highest BCUT2D eigenvalue weighted by Crippen LogP contribution is 2.36. The number of hydrogen-bond donors (Lipinski definition) is 0. The molecule has 6 rings (SSSR count). The number of rotatable bonds is 2. The molecular formula is C24H24N2O3. The van der Waals surface area contributed by atoms with Gasteiger partial charge >= 0.3 is 5.63 Å². The molecule has 29 heavy (non-hydrogen) atoms. The molecule has 5 nitrogen and oxygen atoms in total. The maximum atomic E-state index is 12.2. The number of likely N-dealkylation sites (tertiary alicyclic amines) is 1. The molecule has 1 fully saturated rings. The molecule has 5 heteroatoms. The quantitative estimate of drug-likeness (QED) is 0.633. The average Bonchev–Trinajstić information content (AvgIpc) is 3.15. The number of aryl methyl sites for hydroxylation is 2. The summed E-state index contributed by atoms with van der Waals surface area (Å²) in [5.74, 6) is 0.865. The van der Waals surface area contributed by atoms with Gasteiger partial charge in [-0.3, -0.25) is 9.69 Å². The molecule has 1 saturated heterocycles. The maximum absolute atomic E-state index is 12.2. The van der Waals surface area contributed by atoms with Crippen LogP contribution in [-0.4, -0.2) is 22.6 Å². The fourth-order valence-electron chi connectivity index (χ4n) is 5.79. The van der Waals surface area contributed by atoms with Crippen molar-refractivity contribution in [2.24, 2.45) is 5.92 Å². The molecule has 1 aromatic carbocycles. The minimum absolute atomic E-state index is 0.117. The van der Waals surface area contributed by atoms with E-state index in [-0.39, 0.29) is 11.2 Å². The van der Waals surface area contributed by atoms with Gasteiger partial charge in [0.2, 0.25) is 0 Å². The molecule has 3 aromatic rings. The number of fused-ring (bicyclic) bond motifs is 6. The van der Waals surface area contributed by atoms with E-state index in [0.29, 0.717) is 11.8 Å². The monoisotopic (exact) mass is 388 g/mol. The first-order valence-electron chi connectivity index (χ1n) is 10.6. The zero-order chi connectivity index (χ0) is 19.5. The largest absolute Gasteiger partial charge is 0.423 e. The number of pyridine rings is 1. The summed E-state index contributed by atoms with van der Waals surface area (Å²) in [6.45, 7) is 3.44. The predicted molar refractivity (Wildman–Crippen MR) is 111 cm³/mol. The van der Waals surface area contributed by atoms with Crippen molar-refractivity contribution >= 4 is 11.0 Å².